The standard InChI is InChI=1S/C10H12N2O2/c1-12(10(14)7-11-8-13)9-5-3-2-4-6-9/h2-6,8H,7H2,1H3,(H,11,13). The first kappa shape index (κ1) is 10.2. The Hall–Kier alpha value is -1.84. The first-order valence-electron chi connectivity index (χ1n) is 4.24. The molecule has 74 valence electrons. The highest BCUT2D eigenvalue weighted by Gasteiger charge is 2.08. The molecular formula is C10H12N2O2. The second kappa shape index (κ2) is 5.01. The number of nitrogens with one attached hydrogen (secondary N) is 1. The highest BCUT2D eigenvalue weighted by atomic mass is 16.2. The number of carbonyl (C=O) groups is 2. The maximum absolute atomic E-state index is 11.4. The number of hydrogen-bond acceptors (Lipinski definition) is 2. The minimum absolute atomic E-state index is 0.0227. The van der Waals surface area contributed by atoms with E-state index in [1.54, 1.807) is 7.05 Å². The van der Waals surface area contributed by atoms with Crippen molar-refractivity contribution in [3.8, 4) is 0 Å². The minimum Gasteiger partial charge on any atom is -0.350 e. The van der Waals surface area contributed by atoms with Gasteiger partial charge in [0.1, 0.15) is 0 Å². The average molecular weight is 192 g/mol. The summed E-state index contributed by atoms with van der Waals surface area (Å²) in [6, 6.07) is 9.25. The molecule has 0 fully saturated rings. The molecular weight excluding hydrogens is 180 g/mol. The lowest BCUT2D eigenvalue weighted by Gasteiger charge is -2.16. The Labute approximate surface area is 82.5 Å². The number of anilines is 1. The molecule has 1 N–H and O–H groups in total. The highest BCUT2D eigenvalue weighted by molar-refractivity contribution is 5.94. The van der Waals surface area contributed by atoms with E-state index in [1.165, 1.54) is 4.90 Å². The van der Waals surface area contributed by atoms with Gasteiger partial charge < -0.3 is 10.2 Å². The lowest BCUT2D eigenvalue weighted by Crippen LogP contribution is -2.34. The number of carbonyl (C=O) groups excluding carboxylic acids is 2. The van der Waals surface area contributed by atoms with Crippen LogP contribution in [0.2, 0.25) is 0 Å². The Morgan fingerprint density at radius 2 is 2.07 bits per heavy atom. The molecule has 0 atom stereocenters. The Balaban J connectivity index is 2.61. The van der Waals surface area contributed by atoms with Gasteiger partial charge in [0.15, 0.2) is 0 Å². The molecule has 0 saturated carbocycles. The van der Waals surface area contributed by atoms with E-state index in [4.69, 9.17) is 0 Å². The summed E-state index contributed by atoms with van der Waals surface area (Å²) in [6.45, 7) is 0.0227. The average Bonchev–Trinajstić information content (AvgIpc) is 2.26. The molecule has 0 aliphatic carbocycles. The van der Waals surface area contributed by atoms with E-state index in [-0.39, 0.29) is 12.5 Å². The van der Waals surface area contributed by atoms with Crippen molar-refractivity contribution >= 4 is 18.0 Å². The molecule has 0 saturated heterocycles. The molecule has 0 heterocycles. The molecule has 0 spiro atoms. The Bertz CT molecular complexity index is 311. The molecule has 4 nitrogen and oxygen atoms in total. The van der Waals surface area contributed by atoms with Gasteiger partial charge in [-0.25, -0.2) is 0 Å². The summed E-state index contributed by atoms with van der Waals surface area (Å²) >= 11 is 0. The van der Waals surface area contributed by atoms with Crippen molar-refractivity contribution < 1.29 is 9.59 Å². The van der Waals surface area contributed by atoms with Gasteiger partial charge in [-0.05, 0) is 12.1 Å². The predicted molar refractivity (Wildman–Crippen MR) is 53.9 cm³/mol. The van der Waals surface area contributed by atoms with Crippen molar-refractivity contribution in [2.75, 3.05) is 18.5 Å². The van der Waals surface area contributed by atoms with Crippen molar-refractivity contribution in [2.45, 2.75) is 0 Å². The van der Waals surface area contributed by atoms with Crippen molar-refractivity contribution in [1.29, 1.82) is 0 Å². The van der Waals surface area contributed by atoms with Gasteiger partial charge in [0.2, 0.25) is 12.3 Å². The minimum atomic E-state index is -0.150. The van der Waals surface area contributed by atoms with Gasteiger partial charge in [-0.2, -0.15) is 0 Å². The zero-order valence-electron chi connectivity index (χ0n) is 7.93. The molecule has 1 rings (SSSR count). The third-order valence-corrected chi connectivity index (χ3v) is 1.85. The summed E-state index contributed by atoms with van der Waals surface area (Å²) in [4.78, 5) is 22.9. The van der Waals surface area contributed by atoms with Crippen molar-refractivity contribution in [3.63, 3.8) is 0 Å². The normalized spacial score (nSPS) is 9.21. The molecule has 0 unspecified atom stereocenters. The molecule has 0 aliphatic heterocycles. The second-order valence-electron chi connectivity index (χ2n) is 2.79. The summed E-state index contributed by atoms with van der Waals surface area (Å²) in [5.74, 6) is -0.150. The Morgan fingerprint density at radius 1 is 1.43 bits per heavy atom. The predicted octanol–water partition coefficient (Wildman–Crippen LogP) is 0.395. The molecule has 2 amide bonds. The smallest absolute Gasteiger partial charge is 0.246 e. The number of likely N-dealkylation sites (N-methyl/N-ethyl adjacent to an activating group) is 1. The number of nitrogens with zero attached hydrogens (tertiary/aromatic N) is 1. The van der Waals surface area contributed by atoms with Crippen LogP contribution in [-0.2, 0) is 9.59 Å². The van der Waals surface area contributed by atoms with Gasteiger partial charge in [0, 0.05) is 12.7 Å². The van der Waals surface area contributed by atoms with E-state index < -0.39 is 0 Å². The fourth-order valence-electron chi connectivity index (χ4n) is 1.04. The van der Waals surface area contributed by atoms with E-state index in [9.17, 15) is 9.59 Å². The van der Waals surface area contributed by atoms with Gasteiger partial charge >= 0.3 is 0 Å². The third-order valence-electron chi connectivity index (χ3n) is 1.85. The first-order chi connectivity index (χ1) is 6.75. The summed E-state index contributed by atoms with van der Waals surface area (Å²) < 4.78 is 0. The van der Waals surface area contributed by atoms with Crippen molar-refractivity contribution in [1.82, 2.24) is 5.32 Å². The fourth-order valence-corrected chi connectivity index (χ4v) is 1.04. The summed E-state index contributed by atoms with van der Waals surface area (Å²) in [7, 11) is 1.67. The van der Waals surface area contributed by atoms with Crippen LogP contribution >= 0.6 is 0 Å². The van der Waals surface area contributed by atoms with E-state index in [2.05, 4.69) is 5.32 Å². The molecule has 1 aromatic rings. The lowest BCUT2D eigenvalue weighted by atomic mass is 10.3. The van der Waals surface area contributed by atoms with Crippen molar-refractivity contribution in [2.24, 2.45) is 0 Å². The maximum atomic E-state index is 11.4. The Morgan fingerprint density at radius 3 is 2.64 bits per heavy atom. The van der Waals surface area contributed by atoms with E-state index >= 15 is 0 Å². The number of rotatable bonds is 4. The van der Waals surface area contributed by atoms with Crippen LogP contribution in [0.1, 0.15) is 0 Å². The SMILES string of the molecule is CN(C(=O)CNC=O)c1ccccc1. The second-order valence-corrected chi connectivity index (χ2v) is 2.79. The summed E-state index contributed by atoms with van der Waals surface area (Å²) in [5, 5.41) is 2.33. The maximum Gasteiger partial charge on any atom is 0.246 e. The van der Waals surface area contributed by atoms with E-state index in [1.807, 2.05) is 30.3 Å². The molecule has 4 heteroatoms. The van der Waals surface area contributed by atoms with Crippen LogP contribution in [0, 0.1) is 0 Å². The topological polar surface area (TPSA) is 49.4 Å². The van der Waals surface area contributed by atoms with Crippen LogP contribution in [0.4, 0.5) is 5.69 Å². The van der Waals surface area contributed by atoms with Crippen LogP contribution in [0.3, 0.4) is 0 Å². The van der Waals surface area contributed by atoms with E-state index in [0.717, 1.165) is 5.69 Å². The van der Waals surface area contributed by atoms with Gasteiger partial charge in [0.05, 0.1) is 6.54 Å². The quantitative estimate of drug-likeness (QED) is 0.702. The molecule has 1 aromatic carbocycles. The molecule has 0 bridgehead atoms. The third kappa shape index (κ3) is 2.58. The van der Waals surface area contributed by atoms with Gasteiger partial charge in [-0.15, -0.1) is 0 Å². The van der Waals surface area contributed by atoms with Gasteiger partial charge in [0.25, 0.3) is 0 Å². The molecule has 0 aromatic heterocycles. The van der Waals surface area contributed by atoms with Gasteiger partial charge in [-0.1, -0.05) is 18.2 Å². The fraction of sp³-hybridized carbons (Fsp3) is 0.200. The number of para-hydroxylation sites is 1. The van der Waals surface area contributed by atoms with Crippen LogP contribution in [0.15, 0.2) is 30.3 Å². The van der Waals surface area contributed by atoms with Crippen LogP contribution in [-0.4, -0.2) is 25.9 Å². The zero-order valence-corrected chi connectivity index (χ0v) is 7.93. The van der Waals surface area contributed by atoms with Gasteiger partial charge in [-0.3, -0.25) is 9.59 Å². The number of benzene rings is 1. The van der Waals surface area contributed by atoms with Crippen LogP contribution in [0.25, 0.3) is 0 Å². The Kier molecular flexibility index (Phi) is 3.67. The zero-order chi connectivity index (χ0) is 10.4. The van der Waals surface area contributed by atoms with Crippen LogP contribution < -0.4 is 10.2 Å². The number of hydrogen-bond donors (Lipinski definition) is 1. The molecule has 0 radical (unpaired) electrons. The molecule has 14 heavy (non-hydrogen) atoms. The summed E-state index contributed by atoms with van der Waals surface area (Å²) in [5.41, 5.74) is 0.810. The molecule has 0 aliphatic rings. The highest BCUT2D eigenvalue weighted by Crippen LogP contribution is 2.10. The largest absolute Gasteiger partial charge is 0.350 e. The monoisotopic (exact) mass is 192 g/mol. The van der Waals surface area contributed by atoms with E-state index in [0.29, 0.717) is 6.41 Å². The van der Waals surface area contributed by atoms with Crippen molar-refractivity contribution in [3.05, 3.63) is 30.3 Å². The van der Waals surface area contributed by atoms with Crippen LogP contribution in [0.5, 0.6) is 0 Å². The summed E-state index contributed by atoms with van der Waals surface area (Å²) in [6.07, 6.45) is 0.511. The first-order valence-corrected chi connectivity index (χ1v) is 4.24. The number of amides is 2. The lowest BCUT2D eigenvalue weighted by molar-refractivity contribution is -0.119.